The van der Waals surface area contributed by atoms with Crippen LogP contribution in [0.5, 0.6) is 5.88 Å². The monoisotopic (exact) mass is 406 g/mol. The van der Waals surface area contributed by atoms with Gasteiger partial charge in [0.25, 0.3) is 0 Å². The zero-order valence-corrected chi connectivity index (χ0v) is 16.4. The van der Waals surface area contributed by atoms with Gasteiger partial charge in [0.1, 0.15) is 0 Å². The number of nitrogens with zero attached hydrogens (tertiary/aromatic N) is 1. The quantitative estimate of drug-likeness (QED) is 0.733. The van der Waals surface area contributed by atoms with Gasteiger partial charge < -0.3 is 14.8 Å². The van der Waals surface area contributed by atoms with E-state index >= 15 is 0 Å². The highest BCUT2D eigenvalue weighted by atomic mass is 19.4. The molecule has 0 fully saturated rings. The number of aromatic nitrogens is 1. The number of methoxy groups -OCH3 is 1. The first-order valence-corrected chi connectivity index (χ1v) is 9.03. The Bertz CT molecular complexity index is 968. The smallest absolute Gasteiger partial charge is 0.416 e. The van der Waals surface area contributed by atoms with Gasteiger partial charge in [-0.3, -0.25) is 0 Å². The number of carbonyl (C=O) groups excluding carboxylic acids is 1. The van der Waals surface area contributed by atoms with Gasteiger partial charge in [0.05, 0.1) is 30.3 Å². The Hall–Kier alpha value is -3.03. The number of halogens is 3. The summed E-state index contributed by atoms with van der Waals surface area (Å²) in [5.74, 6) is -1.61. The molecule has 1 aliphatic rings. The average Bonchev–Trinajstić information content (AvgIpc) is 2.65. The SMILES string of the molecule is COC(=O)C1=C(C)Nc2ccnc(OC(C)C)c2C1c1ccccc1C(F)(F)F. The predicted octanol–water partition coefficient (Wildman–Crippen LogP) is 4.89. The summed E-state index contributed by atoms with van der Waals surface area (Å²) in [5.41, 5.74) is 0.494. The maximum Gasteiger partial charge on any atom is 0.416 e. The number of ether oxygens (including phenoxy) is 2. The Morgan fingerprint density at radius 2 is 1.90 bits per heavy atom. The lowest BCUT2D eigenvalue weighted by molar-refractivity contribution is -0.139. The molecule has 154 valence electrons. The minimum absolute atomic E-state index is 0.0656. The third-order valence-corrected chi connectivity index (χ3v) is 4.59. The number of anilines is 1. The standard InChI is InChI=1S/C21H21F3N2O3/c1-11(2)29-19-18-15(9-10-25-19)26-12(3)16(20(27)28-4)17(18)13-7-5-6-8-14(13)21(22,23)24/h5-11,17,26H,1-4H3. The summed E-state index contributed by atoms with van der Waals surface area (Å²) in [4.78, 5) is 16.8. The fourth-order valence-electron chi connectivity index (χ4n) is 3.49. The molecule has 3 rings (SSSR count). The van der Waals surface area contributed by atoms with Gasteiger partial charge in [0.2, 0.25) is 5.88 Å². The number of nitrogens with one attached hydrogen (secondary N) is 1. The van der Waals surface area contributed by atoms with E-state index in [1.807, 2.05) is 0 Å². The molecule has 0 bridgehead atoms. The van der Waals surface area contributed by atoms with Crippen molar-refractivity contribution in [2.75, 3.05) is 12.4 Å². The van der Waals surface area contributed by atoms with Gasteiger partial charge in [0.15, 0.2) is 0 Å². The summed E-state index contributed by atoms with van der Waals surface area (Å²) in [6.45, 7) is 5.21. The first kappa shape index (κ1) is 20.7. The van der Waals surface area contributed by atoms with Gasteiger partial charge >= 0.3 is 12.1 Å². The third-order valence-electron chi connectivity index (χ3n) is 4.59. The maximum absolute atomic E-state index is 13.8. The van der Waals surface area contributed by atoms with Crippen LogP contribution in [-0.2, 0) is 15.7 Å². The Morgan fingerprint density at radius 3 is 2.52 bits per heavy atom. The van der Waals surface area contributed by atoms with Gasteiger partial charge in [-0.2, -0.15) is 13.2 Å². The summed E-state index contributed by atoms with van der Waals surface area (Å²) in [6.07, 6.45) is -3.36. The molecule has 0 aliphatic carbocycles. The van der Waals surface area contributed by atoms with E-state index in [1.54, 1.807) is 26.8 Å². The number of allylic oxidation sites excluding steroid dienone is 1. The maximum atomic E-state index is 13.8. The van der Waals surface area contributed by atoms with Gasteiger partial charge in [-0.25, -0.2) is 9.78 Å². The van der Waals surface area contributed by atoms with Crippen molar-refractivity contribution in [3.05, 3.63) is 64.5 Å². The summed E-state index contributed by atoms with van der Waals surface area (Å²) in [7, 11) is 1.19. The van der Waals surface area contributed by atoms with Crippen molar-refractivity contribution >= 4 is 11.7 Å². The highest BCUT2D eigenvalue weighted by molar-refractivity contribution is 5.95. The van der Waals surface area contributed by atoms with Gasteiger partial charge in [-0.05, 0) is 38.5 Å². The number of hydrogen-bond donors (Lipinski definition) is 1. The van der Waals surface area contributed by atoms with Crippen molar-refractivity contribution in [1.29, 1.82) is 0 Å². The summed E-state index contributed by atoms with van der Waals surface area (Å²) in [6, 6.07) is 6.84. The van der Waals surface area contributed by atoms with Crippen LogP contribution in [0.1, 0.15) is 43.4 Å². The molecule has 1 N–H and O–H groups in total. The summed E-state index contributed by atoms with van der Waals surface area (Å²) >= 11 is 0. The van der Waals surface area contributed by atoms with Crippen LogP contribution in [0.15, 0.2) is 47.8 Å². The number of benzene rings is 1. The molecule has 0 saturated carbocycles. The van der Waals surface area contributed by atoms with Crippen molar-refractivity contribution in [2.45, 2.75) is 39.0 Å². The molecule has 0 saturated heterocycles. The lowest BCUT2D eigenvalue weighted by atomic mass is 9.79. The van der Waals surface area contributed by atoms with Crippen molar-refractivity contribution in [2.24, 2.45) is 0 Å². The molecule has 1 aliphatic heterocycles. The average molecular weight is 406 g/mol. The predicted molar refractivity (Wildman–Crippen MR) is 102 cm³/mol. The molecule has 2 heterocycles. The van der Waals surface area contributed by atoms with E-state index < -0.39 is 23.6 Å². The van der Waals surface area contributed by atoms with E-state index in [2.05, 4.69) is 10.3 Å². The van der Waals surface area contributed by atoms with Crippen LogP contribution < -0.4 is 10.1 Å². The fourth-order valence-corrected chi connectivity index (χ4v) is 3.49. The van der Waals surface area contributed by atoms with E-state index in [0.717, 1.165) is 6.07 Å². The van der Waals surface area contributed by atoms with Gasteiger partial charge in [0, 0.05) is 23.1 Å². The second-order valence-corrected chi connectivity index (χ2v) is 6.92. The number of rotatable bonds is 4. The van der Waals surface area contributed by atoms with Crippen LogP contribution in [0, 0.1) is 0 Å². The number of hydrogen-bond acceptors (Lipinski definition) is 5. The lowest BCUT2D eigenvalue weighted by Gasteiger charge is -2.32. The Kier molecular flexibility index (Phi) is 5.55. The fraction of sp³-hybridized carbons (Fsp3) is 0.333. The minimum atomic E-state index is -4.60. The Labute approximate surface area is 166 Å². The Morgan fingerprint density at radius 1 is 1.21 bits per heavy atom. The zero-order valence-electron chi connectivity index (χ0n) is 16.4. The van der Waals surface area contributed by atoms with E-state index in [1.165, 1.54) is 31.5 Å². The Balaban J connectivity index is 2.35. The first-order valence-electron chi connectivity index (χ1n) is 9.03. The molecule has 1 unspecified atom stereocenters. The van der Waals surface area contributed by atoms with Crippen LogP contribution in [-0.4, -0.2) is 24.2 Å². The van der Waals surface area contributed by atoms with Crippen molar-refractivity contribution in [1.82, 2.24) is 4.98 Å². The van der Waals surface area contributed by atoms with Crippen LogP contribution in [0.3, 0.4) is 0 Å². The van der Waals surface area contributed by atoms with Gasteiger partial charge in [-0.1, -0.05) is 18.2 Å². The highest BCUT2D eigenvalue weighted by Crippen LogP contribution is 2.48. The number of esters is 1. The van der Waals surface area contributed by atoms with E-state index in [-0.39, 0.29) is 23.1 Å². The normalized spacial score (nSPS) is 16.3. The van der Waals surface area contributed by atoms with Crippen LogP contribution >= 0.6 is 0 Å². The minimum Gasteiger partial charge on any atom is -0.475 e. The van der Waals surface area contributed by atoms with Crippen LogP contribution in [0.4, 0.5) is 18.9 Å². The second kappa shape index (κ2) is 7.77. The van der Waals surface area contributed by atoms with Crippen LogP contribution in [0.2, 0.25) is 0 Å². The number of fused-ring (bicyclic) bond motifs is 1. The lowest BCUT2D eigenvalue weighted by Crippen LogP contribution is -2.27. The number of alkyl halides is 3. The topological polar surface area (TPSA) is 60.5 Å². The molecule has 0 radical (unpaired) electrons. The molecule has 1 aromatic heterocycles. The van der Waals surface area contributed by atoms with E-state index in [4.69, 9.17) is 9.47 Å². The van der Waals surface area contributed by atoms with Crippen molar-refractivity contribution in [3.63, 3.8) is 0 Å². The molecular formula is C21H21F3N2O3. The first-order chi connectivity index (χ1) is 13.6. The van der Waals surface area contributed by atoms with E-state index in [0.29, 0.717) is 16.9 Å². The zero-order chi connectivity index (χ0) is 21.3. The molecule has 8 heteroatoms. The number of pyridine rings is 1. The van der Waals surface area contributed by atoms with Crippen LogP contribution in [0.25, 0.3) is 0 Å². The third kappa shape index (κ3) is 3.92. The molecule has 1 aromatic carbocycles. The molecule has 1 atom stereocenters. The molecule has 5 nitrogen and oxygen atoms in total. The summed E-state index contributed by atoms with van der Waals surface area (Å²) in [5, 5.41) is 3.07. The van der Waals surface area contributed by atoms with Gasteiger partial charge in [-0.15, -0.1) is 0 Å². The van der Waals surface area contributed by atoms with Crippen molar-refractivity contribution in [3.8, 4) is 5.88 Å². The van der Waals surface area contributed by atoms with E-state index in [9.17, 15) is 18.0 Å². The highest BCUT2D eigenvalue weighted by Gasteiger charge is 2.41. The molecule has 0 amide bonds. The molecule has 29 heavy (non-hydrogen) atoms. The molecular weight excluding hydrogens is 385 g/mol. The molecule has 2 aromatic rings. The largest absolute Gasteiger partial charge is 0.475 e. The molecule has 0 spiro atoms. The summed E-state index contributed by atoms with van der Waals surface area (Å²) < 4.78 is 52.1. The van der Waals surface area contributed by atoms with Crippen molar-refractivity contribution < 1.29 is 27.4 Å². The second-order valence-electron chi connectivity index (χ2n) is 6.92. The number of carbonyl (C=O) groups is 1.